The first-order valence-corrected chi connectivity index (χ1v) is 12.4. The van der Waals surface area contributed by atoms with Gasteiger partial charge < -0.3 is 0 Å². The molecule has 0 saturated carbocycles. The molecular weight excluding hydrogens is 508 g/mol. The van der Waals surface area contributed by atoms with Gasteiger partial charge in [-0.25, -0.2) is 0 Å². The highest BCUT2D eigenvalue weighted by Crippen LogP contribution is 2.28. The van der Waals surface area contributed by atoms with Crippen LogP contribution in [-0.4, -0.2) is 0 Å². The van der Waals surface area contributed by atoms with E-state index in [0.29, 0.717) is 0 Å². The van der Waals surface area contributed by atoms with Gasteiger partial charge in [0.2, 0.25) is 0 Å². The van der Waals surface area contributed by atoms with Gasteiger partial charge in [-0.1, -0.05) is 96.1 Å². The summed E-state index contributed by atoms with van der Waals surface area (Å²) in [5.41, 5.74) is 2.71. The molecule has 0 aliphatic heterocycles. The van der Waals surface area contributed by atoms with Crippen LogP contribution in [0.5, 0.6) is 0 Å². The average Bonchev–Trinajstić information content (AvgIpc) is 2.68. The predicted octanol–water partition coefficient (Wildman–Crippen LogP) is 5.12. The van der Waals surface area contributed by atoms with E-state index >= 15 is 0 Å². The number of hydrogen-bond donors (Lipinski definition) is 0. The fraction of sp³-hybridized carbons (Fsp3) is 0.333. The Hall–Kier alpha value is -1.82. The van der Waals surface area contributed by atoms with Gasteiger partial charge in [-0.05, 0) is 46.2 Å². The Morgan fingerprint density at radius 3 is 1.10 bits per heavy atom. The highest BCUT2D eigenvalue weighted by molar-refractivity contribution is 5.23. The number of halogens is 4. The second-order valence-electron chi connectivity index (χ2n) is 9.47. The molecule has 0 N–H and O–H groups in total. The summed E-state index contributed by atoms with van der Waals surface area (Å²) in [6.07, 6.45) is -4.21. The predicted molar refractivity (Wildman–Crippen MR) is 119 cm³/mol. The molecule has 0 unspecified atom stereocenters. The van der Waals surface area contributed by atoms with Crippen molar-refractivity contribution in [1.82, 2.24) is 0 Å². The average molecular weight is 539 g/mol. The van der Waals surface area contributed by atoms with Crippen molar-refractivity contribution in [3.8, 4) is 0 Å². The van der Waals surface area contributed by atoms with Gasteiger partial charge in [0.1, 0.15) is 0 Å². The molecule has 0 aliphatic carbocycles. The summed E-state index contributed by atoms with van der Waals surface area (Å²) in [5, 5.41) is 0. The molecule has 0 amide bonds. The summed E-state index contributed by atoms with van der Waals surface area (Å²) in [7, 11) is 0. The van der Waals surface area contributed by atoms with Crippen LogP contribution < -0.4 is 21.2 Å². The van der Waals surface area contributed by atoms with Crippen LogP contribution in [0.1, 0.15) is 58.2 Å². The molecule has 3 rings (SSSR count). The first-order chi connectivity index (χ1) is 14.3. The third kappa shape index (κ3) is 8.32. The van der Waals surface area contributed by atoms with Crippen molar-refractivity contribution in [3.05, 3.63) is 103 Å². The van der Waals surface area contributed by atoms with E-state index < -0.39 is 11.7 Å². The van der Waals surface area contributed by atoms with Gasteiger partial charge in [0.05, 0.1) is 5.56 Å². The van der Waals surface area contributed by atoms with E-state index in [1.54, 1.807) is 6.07 Å². The lowest BCUT2D eigenvalue weighted by Gasteiger charge is -2.18. The minimum Gasteiger partial charge on any atom is -0.166 e. The molecule has 3 aromatic rings. The molecule has 3 aromatic carbocycles. The zero-order chi connectivity index (χ0) is 23.3. The zero-order valence-corrected chi connectivity index (χ0v) is 21.2. The highest BCUT2D eigenvalue weighted by atomic mass is 127. The van der Waals surface area contributed by atoms with Gasteiger partial charge in [-0.15, -0.1) is 0 Å². The van der Waals surface area contributed by atoms with Gasteiger partial charge in [0, 0.05) is 0 Å². The van der Waals surface area contributed by atoms with Crippen LogP contribution in [-0.2, 0) is 17.0 Å². The van der Waals surface area contributed by atoms with Crippen LogP contribution in [0.15, 0.2) is 78.9 Å². The van der Waals surface area contributed by atoms with Crippen molar-refractivity contribution in [2.24, 2.45) is 0 Å². The first kappa shape index (κ1) is 25.4. The maximum absolute atomic E-state index is 11.8. The van der Waals surface area contributed by atoms with E-state index in [1.165, 1.54) is 30.4 Å². The molecule has 0 atom stereocenters. The third-order valence-corrected chi connectivity index (χ3v) is 7.42. The van der Waals surface area contributed by atoms with Gasteiger partial charge in [-0.2, -0.15) is 13.2 Å². The molecule has 31 heavy (non-hydrogen) atoms. The second-order valence-corrected chi connectivity index (χ2v) is 12.5. The molecule has 0 spiro atoms. The molecule has 166 valence electrons. The highest BCUT2D eigenvalue weighted by Gasteiger charge is 2.29. The van der Waals surface area contributed by atoms with Gasteiger partial charge in [-0.3, -0.25) is 0 Å². The van der Waals surface area contributed by atoms with Crippen LogP contribution in [0.3, 0.4) is 0 Å². The Morgan fingerprint density at radius 2 is 0.839 bits per heavy atom. The molecule has 0 saturated heterocycles. The fourth-order valence-corrected chi connectivity index (χ4v) is 4.94. The SMILES string of the molecule is CC(C)(C)c1ccc([I+]c2ccc(C(C)(C)C)cc2)cc1.FC(F)(F)c1ccccc1. The van der Waals surface area contributed by atoms with Crippen LogP contribution in [0.2, 0.25) is 0 Å². The lowest BCUT2D eigenvalue weighted by molar-refractivity contribution is -0.597. The van der Waals surface area contributed by atoms with E-state index in [1.807, 2.05) is 0 Å². The number of benzene rings is 3. The quantitative estimate of drug-likeness (QED) is 0.397. The maximum Gasteiger partial charge on any atom is 0.416 e. The van der Waals surface area contributed by atoms with Crippen molar-refractivity contribution in [1.29, 1.82) is 0 Å². The molecule has 0 nitrogen and oxygen atoms in total. The Bertz CT molecular complexity index is 872. The van der Waals surface area contributed by atoms with Crippen molar-refractivity contribution in [2.75, 3.05) is 0 Å². The Kier molecular flexibility index (Phi) is 8.37. The standard InChI is InChI=1S/C20H26I.C7H5F3/c1-19(2,3)15-7-11-17(12-8-15)21-18-13-9-16(10-14-18)20(4,5)6;8-7(9,10)6-4-2-1-3-5-6/h7-14H,1-6H3;1-5H/q+1;. The summed E-state index contributed by atoms with van der Waals surface area (Å²) < 4.78 is 38.3. The summed E-state index contributed by atoms with van der Waals surface area (Å²) in [6, 6.07) is 24.8. The summed E-state index contributed by atoms with van der Waals surface area (Å²) in [5.74, 6) is 0. The van der Waals surface area contributed by atoms with E-state index in [-0.39, 0.29) is 32.0 Å². The van der Waals surface area contributed by atoms with Crippen molar-refractivity contribution in [3.63, 3.8) is 0 Å². The molecule has 0 aliphatic rings. The molecule has 0 heterocycles. The van der Waals surface area contributed by atoms with Gasteiger partial charge in [0.25, 0.3) is 0 Å². The van der Waals surface area contributed by atoms with Crippen molar-refractivity contribution < 1.29 is 34.4 Å². The van der Waals surface area contributed by atoms with Crippen LogP contribution in [0.25, 0.3) is 0 Å². The lowest BCUT2D eigenvalue weighted by atomic mass is 9.87. The lowest BCUT2D eigenvalue weighted by Crippen LogP contribution is -3.61. The van der Waals surface area contributed by atoms with Gasteiger partial charge >= 0.3 is 27.4 Å². The smallest absolute Gasteiger partial charge is 0.166 e. The van der Waals surface area contributed by atoms with Crippen LogP contribution in [0, 0.1) is 7.14 Å². The van der Waals surface area contributed by atoms with Crippen LogP contribution >= 0.6 is 0 Å². The number of alkyl halides is 3. The maximum atomic E-state index is 11.8. The fourth-order valence-electron chi connectivity index (χ4n) is 2.78. The first-order valence-electron chi connectivity index (χ1n) is 10.2. The van der Waals surface area contributed by atoms with Crippen molar-refractivity contribution in [2.45, 2.75) is 58.5 Å². The van der Waals surface area contributed by atoms with E-state index in [2.05, 4.69) is 90.1 Å². The number of hydrogen-bond acceptors (Lipinski definition) is 0. The Morgan fingerprint density at radius 1 is 0.484 bits per heavy atom. The van der Waals surface area contributed by atoms with Crippen LogP contribution in [0.4, 0.5) is 13.2 Å². The molecular formula is C27H31F3I+. The minimum absolute atomic E-state index is 0.0703. The van der Waals surface area contributed by atoms with E-state index in [4.69, 9.17) is 0 Å². The molecule has 0 aromatic heterocycles. The zero-order valence-electron chi connectivity index (χ0n) is 19.0. The normalized spacial score (nSPS) is 12.2. The van der Waals surface area contributed by atoms with Gasteiger partial charge in [0.15, 0.2) is 7.14 Å². The topological polar surface area (TPSA) is 0 Å². The summed E-state index contributed by atoms with van der Waals surface area (Å²) in [4.78, 5) is 0. The van der Waals surface area contributed by atoms with E-state index in [9.17, 15) is 13.2 Å². The molecule has 0 radical (unpaired) electrons. The molecule has 4 heteroatoms. The Labute approximate surface area is 195 Å². The third-order valence-electron chi connectivity index (χ3n) is 4.74. The molecule has 0 fully saturated rings. The largest absolute Gasteiger partial charge is 0.416 e. The van der Waals surface area contributed by atoms with E-state index in [0.717, 1.165) is 12.1 Å². The van der Waals surface area contributed by atoms with Crippen molar-refractivity contribution >= 4 is 0 Å². The number of rotatable bonds is 2. The summed E-state index contributed by atoms with van der Waals surface area (Å²) in [6.45, 7) is 13.6. The molecule has 0 bridgehead atoms. The second kappa shape index (κ2) is 10.2. The minimum atomic E-state index is -4.21. The monoisotopic (exact) mass is 539 g/mol. The Balaban J connectivity index is 0.000000285. The summed E-state index contributed by atoms with van der Waals surface area (Å²) >= 11 is -0.0703.